The number of piperidine rings is 1. The lowest BCUT2D eigenvalue weighted by Gasteiger charge is -2.35. The number of carbonyl (C=O) groups is 1. The van der Waals surface area contributed by atoms with Crippen LogP contribution in [0.15, 0.2) is 24.3 Å². The van der Waals surface area contributed by atoms with Gasteiger partial charge in [0, 0.05) is 31.2 Å². The van der Waals surface area contributed by atoms with Crippen LogP contribution < -0.4 is 0 Å². The zero-order valence-corrected chi connectivity index (χ0v) is 11.7. The van der Waals surface area contributed by atoms with Gasteiger partial charge < -0.3 is 5.11 Å². The molecule has 0 radical (unpaired) electrons. The first-order valence-electron chi connectivity index (χ1n) is 7.34. The number of rotatable bonds is 6. The smallest absolute Gasteiger partial charge is 0.164 e. The molecule has 1 N–H and O–H groups in total. The number of nitrogens with zero attached hydrogens (tertiary/aromatic N) is 1. The Balaban J connectivity index is 1.88. The van der Waals surface area contributed by atoms with Crippen LogP contribution in [0.25, 0.3) is 0 Å². The molecule has 4 heteroatoms. The van der Waals surface area contributed by atoms with E-state index in [1.807, 2.05) is 0 Å². The minimum Gasteiger partial charge on any atom is -0.396 e. The number of carbonyl (C=O) groups excluding carboxylic acids is 1. The first-order valence-corrected chi connectivity index (χ1v) is 7.34. The molecular formula is C16H22FNO2. The Labute approximate surface area is 119 Å². The molecule has 1 aliphatic rings. The molecule has 110 valence electrons. The average Bonchev–Trinajstić information content (AvgIpc) is 2.46. The van der Waals surface area contributed by atoms with Crippen LogP contribution in [0.4, 0.5) is 4.39 Å². The molecule has 20 heavy (non-hydrogen) atoms. The molecule has 0 bridgehead atoms. The summed E-state index contributed by atoms with van der Waals surface area (Å²) < 4.78 is 13.1. The largest absolute Gasteiger partial charge is 0.396 e. The van der Waals surface area contributed by atoms with E-state index in [0.717, 1.165) is 25.8 Å². The van der Waals surface area contributed by atoms with Crippen molar-refractivity contribution in [2.45, 2.75) is 38.1 Å². The van der Waals surface area contributed by atoms with E-state index in [4.69, 9.17) is 5.11 Å². The molecule has 1 saturated heterocycles. The predicted octanol–water partition coefficient (Wildman–Crippen LogP) is 2.64. The fourth-order valence-corrected chi connectivity index (χ4v) is 2.88. The third-order valence-corrected chi connectivity index (χ3v) is 3.98. The highest BCUT2D eigenvalue weighted by Crippen LogP contribution is 2.20. The number of likely N-dealkylation sites (tertiary alicyclic amines) is 1. The van der Waals surface area contributed by atoms with E-state index in [0.29, 0.717) is 24.6 Å². The summed E-state index contributed by atoms with van der Waals surface area (Å²) in [7, 11) is 0. The standard InChI is InChI=1S/C16H22FNO2/c17-14-5-3-4-13(12-14)16(20)7-10-18-9-2-1-6-15(18)8-11-19/h3-5,12,15,19H,1-2,6-11H2. The van der Waals surface area contributed by atoms with Gasteiger partial charge in [0.25, 0.3) is 0 Å². The van der Waals surface area contributed by atoms with Gasteiger partial charge in [0.2, 0.25) is 0 Å². The molecule has 1 aromatic rings. The number of aliphatic hydroxyl groups excluding tert-OH is 1. The number of benzene rings is 1. The molecule has 0 saturated carbocycles. The number of ketones is 1. The van der Waals surface area contributed by atoms with Gasteiger partial charge in [-0.1, -0.05) is 18.6 Å². The summed E-state index contributed by atoms with van der Waals surface area (Å²) in [5, 5.41) is 9.09. The molecule has 1 heterocycles. The quantitative estimate of drug-likeness (QED) is 0.814. The van der Waals surface area contributed by atoms with Crippen molar-refractivity contribution >= 4 is 5.78 Å². The Kier molecular flexibility index (Phi) is 5.68. The Hall–Kier alpha value is -1.26. The highest BCUT2D eigenvalue weighted by molar-refractivity contribution is 5.96. The van der Waals surface area contributed by atoms with Crippen molar-refractivity contribution in [2.24, 2.45) is 0 Å². The summed E-state index contributed by atoms with van der Waals surface area (Å²) >= 11 is 0. The first kappa shape index (κ1) is 15.1. The summed E-state index contributed by atoms with van der Waals surface area (Å²) in [5.74, 6) is -0.384. The Morgan fingerprint density at radius 1 is 1.40 bits per heavy atom. The van der Waals surface area contributed by atoms with Crippen molar-refractivity contribution in [2.75, 3.05) is 19.7 Å². The van der Waals surface area contributed by atoms with E-state index < -0.39 is 0 Å². The second-order valence-corrected chi connectivity index (χ2v) is 5.38. The molecule has 0 aliphatic carbocycles. The Morgan fingerprint density at radius 3 is 3.00 bits per heavy atom. The first-order chi connectivity index (χ1) is 9.70. The third-order valence-electron chi connectivity index (χ3n) is 3.98. The molecular weight excluding hydrogens is 257 g/mol. The summed E-state index contributed by atoms with van der Waals surface area (Å²) in [4.78, 5) is 14.3. The van der Waals surface area contributed by atoms with Gasteiger partial charge in [-0.15, -0.1) is 0 Å². The van der Waals surface area contributed by atoms with Gasteiger partial charge in [0.1, 0.15) is 5.82 Å². The van der Waals surface area contributed by atoms with Crippen molar-refractivity contribution in [3.8, 4) is 0 Å². The van der Waals surface area contributed by atoms with Crippen LogP contribution in [-0.2, 0) is 0 Å². The zero-order valence-electron chi connectivity index (χ0n) is 11.7. The van der Waals surface area contributed by atoms with Crippen molar-refractivity contribution in [3.05, 3.63) is 35.6 Å². The topological polar surface area (TPSA) is 40.5 Å². The van der Waals surface area contributed by atoms with Crippen LogP contribution in [-0.4, -0.2) is 41.5 Å². The number of hydrogen-bond acceptors (Lipinski definition) is 3. The molecule has 1 aromatic carbocycles. The van der Waals surface area contributed by atoms with Gasteiger partial charge in [-0.25, -0.2) is 4.39 Å². The Morgan fingerprint density at radius 2 is 2.25 bits per heavy atom. The molecule has 1 aliphatic heterocycles. The second kappa shape index (κ2) is 7.50. The van der Waals surface area contributed by atoms with E-state index in [9.17, 15) is 9.18 Å². The van der Waals surface area contributed by atoms with Crippen LogP contribution >= 0.6 is 0 Å². The number of Topliss-reactive ketones (excluding diaryl/α,β-unsaturated/α-hetero) is 1. The monoisotopic (exact) mass is 279 g/mol. The molecule has 2 rings (SSSR count). The number of halogens is 1. The van der Waals surface area contributed by atoms with Gasteiger partial charge in [0.05, 0.1) is 0 Å². The normalized spacial score (nSPS) is 20.0. The molecule has 0 amide bonds. The minimum absolute atomic E-state index is 0.0159. The molecule has 1 unspecified atom stereocenters. The van der Waals surface area contributed by atoms with Crippen molar-refractivity contribution < 1.29 is 14.3 Å². The van der Waals surface area contributed by atoms with Crippen LogP contribution in [0.1, 0.15) is 42.5 Å². The van der Waals surface area contributed by atoms with Crippen molar-refractivity contribution in [3.63, 3.8) is 0 Å². The highest BCUT2D eigenvalue weighted by Gasteiger charge is 2.22. The molecule has 0 aromatic heterocycles. The van der Waals surface area contributed by atoms with E-state index in [-0.39, 0.29) is 18.2 Å². The second-order valence-electron chi connectivity index (χ2n) is 5.38. The maximum atomic E-state index is 13.1. The van der Waals surface area contributed by atoms with E-state index in [1.54, 1.807) is 12.1 Å². The fourth-order valence-electron chi connectivity index (χ4n) is 2.88. The van der Waals surface area contributed by atoms with Gasteiger partial charge in [-0.3, -0.25) is 9.69 Å². The van der Waals surface area contributed by atoms with Gasteiger partial charge in [-0.05, 0) is 37.9 Å². The molecule has 1 atom stereocenters. The summed E-state index contributed by atoms with van der Waals surface area (Å²) in [6.07, 6.45) is 4.61. The lowest BCUT2D eigenvalue weighted by Crippen LogP contribution is -2.41. The summed E-state index contributed by atoms with van der Waals surface area (Å²) in [6, 6.07) is 6.25. The lowest BCUT2D eigenvalue weighted by molar-refractivity contribution is 0.0896. The molecule has 0 spiro atoms. The van der Waals surface area contributed by atoms with Gasteiger partial charge >= 0.3 is 0 Å². The maximum Gasteiger partial charge on any atom is 0.164 e. The van der Waals surface area contributed by atoms with Crippen LogP contribution in [0, 0.1) is 5.82 Å². The third kappa shape index (κ3) is 4.12. The predicted molar refractivity (Wildman–Crippen MR) is 76.3 cm³/mol. The lowest BCUT2D eigenvalue weighted by atomic mass is 9.98. The Bertz CT molecular complexity index is 448. The van der Waals surface area contributed by atoms with E-state index >= 15 is 0 Å². The van der Waals surface area contributed by atoms with Crippen LogP contribution in [0.3, 0.4) is 0 Å². The molecule has 1 fully saturated rings. The van der Waals surface area contributed by atoms with E-state index in [1.165, 1.54) is 18.6 Å². The average molecular weight is 279 g/mol. The zero-order chi connectivity index (χ0) is 14.4. The van der Waals surface area contributed by atoms with Crippen molar-refractivity contribution in [1.82, 2.24) is 4.90 Å². The summed E-state index contributed by atoms with van der Waals surface area (Å²) in [5.41, 5.74) is 0.445. The maximum absolute atomic E-state index is 13.1. The SMILES string of the molecule is O=C(CCN1CCCCC1CCO)c1cccc(F)c1. The fraction of sp³-hybridized carbons (Fsp3) is 0.562. The minimum atomic E-state index is -0.369. The van der Waals surface area contributed by atoms with Crippen LogP contribution in [0.5, 0.6) is 0 Å². The number of aliphatic hydroxyl groups is 1. The number of hydrogen-bond donors (Lipinski definition) is 1. The summed E-state index contributed by atoms with van der Waals surface area (Å²) in [6.45, 7) is 1.88. The van der Waals surface area contributed by atoms with Gasteiger partial charge in [-0.2, -0.15) is 0 Å². The highest BCUT2D eigenvalue weighted by atomic mass is 19.1. The van der Waals surface area contributed by atoms with Crippen molar-refractivity contribution in [1.29, 1.82) is 0 Å². The van der Waals surface area contributed by atoms with Gasteiger partial charge in [0.15, 0.2) is 5.78 Å². The molecule has 3 nitrogen and oxygen atoms in total. The van der Waals surface area contributed by atoms with E-state index in [2.05, 4.69) is 4.90 Å². The van der Waals surface area contributed by atoms with Crippen LogP contribution in [0.2, 0.25) is 0 Å².